The van der Waals surface area contributed by atoms with Crippen molar-refractivity contribution in [2.75, 3.05) is 14.1 Å². The largest absolute Gasteiger partial charge is 0.382 e. The highest BCUT2D eigenvalue weighted by Crippen LogP contribution is 2.24. The van der Waals surface area contributed by atoms with E-state index < -0.39 is 0 Å². The first-order valence-electron chi connectivity index (χ1n) is 7.53. The van der Waals surface area contributed by atoms with Gasteiger partial charge in [-0.25, -0.2) is 0 Å². The van der Waals surface area contributed by atoms with Gasteiger partial charge in [-0.1, -0.05) is 48.5 Å². The van der Waals surface area contributed by atoms with Gasteiger partial charge >= 0.3 is 0 Å². The molecule has 5 heteroatoms. The summed E-state index contributed by atoms with van der Waals surface area (Å²) in [5, 5.41) is 5.76. The van der Waals surface area contributed by atoms with Crippen LogP contribution in [0.15, 0.2) is 65.6 Å². The molecule has 1 aromatic heterocycles. The minimum absolute atomic E-state index is 0.188. The molecule has 0 aliphatic rings. The number of aromatic nitrogens is 2. The van der Waals surface area contributed by atoms with Crippen LogP contribution in [0.5, 0.6) is 0 Å². The van der Waals surface area contributed by atoms with Gasteiger partial charge in [0.25, 0.3) is 5.56 Å². The van der Waals surface area contributed by atoms with Crippen molar-refractivity contribution in [3.8, 4) is 11.3 Å². The van der Waals surface area contributed by atoms with Gasteiger partial charge in [0.05, 0.1) is 11.1 Å². The van der Waals surface area contributed by atoms with Crippen LogP contribution in [0.1, 0.15) is 0 Å². The fraction of sp³-hybridized carbons (Fsp3) is 0.105. The van der Waals surface area contributed by atoms with Gasteiger partial charge in [0.15, 0.2) is 6.29 Å². The molecule has 3 rings (SSSR count). The number of hydrogen-bond donors (Lipinski definition) is 0. The van der Waals surface area contributed by atoms with Gasteiger partial charge in [-0.3, -0.25) is 9.59 Å². The Labute approximate surface area is 139 Å². The third-order valence-electron chi connectivity index (χ3n) is 3.61. The van der Waals surface area contributed by atoms with E-state index in [0.717, 1.165) is 15.6 Å². The van der Waals surface area contributed by atoms with Crippen LogP contribution < -0.4 is 5.56 Å². The standard InChI is InChI=1S/C19H17N3O2/c1-21(2)12-15(13-23)22-19(24)17-11-7-6-10-16(17)18(20-22)14-8-4-3-5-9-14/h3-13H,1-2H3/b15-12+. The summed E-state index contributed by atoms with van der Waals surface area (Å²) in [5.41, 5.74) is 1.42. The molecule has 0 unspecified atom stereocenters. The molecule has 0 amide bonds. The summed E-state index contributed by atoms with van der Waals surface area (Å²) in [5.74, 6) is 0. The van der Waals surface area contributed by atoms with Gasteiger partial charge in [-0.05, 0) is 6.07 Å². The lowest BCUT2D eigenvalue weighted by Gasteiger charge is -2.12. The number of aldehydes is 1. The van der Waals surface area contributed by atoms with Crippen LogP contribution in [0.3, 0.4) is 0 Å². The fourth-order valence-electron chi connectivity index (χ4n) is 2.57. The van der Waals surface area contributed by atoms with E-state index in [1.165, 1.54) is 0 Å². The van der Waals surface area contributed by atoms with Crippen LogP contribution >= 0.6 is 0 Å². The molecule has 0 radical (unpaired) electrons. The predicted molar refractivity (Wildman–Crippen MR) is 95.5 cm³/mol. The Morgan fingerprint density at radius 1 is 1.00 bits per heavy atom. The van der Waals surface area contributed by atoms with E-state index in [4.69, 9.17) is 0 Å². The van der Waals surface area contributed by atoms with E-state index in [-0.39, 0.29) is 11.3 Å². The molecule has 0 saturated heterocycles. The van der Waals surface area contributed by atoms with E-state index >= 15 is 0 Å². The van der Waals surface area contributed by atoms with Crippen molar-refractivity contribution in [3.63, 3.8) is 0 Å². The summed E-state index contributed by atoms with van der Waals surface area (Å²) in [6.45, 7) is 0. The SMILES string of the molecule is CN(C)/C=C(\C=O)n1nc(-c2ccccc2)c2ccccc2c1=O. The molecule has 120 valence electrons. The van der Waals surface area contributed by atoms with Crippen molar-refractivity contribution in [3.05, 3.63) is 71.2 Å². The Morgan fingerprint density at radius 3 is 2.25 bits per heavy atom. The number of fused-ring (bicyclic) bond motifs is 1. The second kappa shape index (κ2) is 6.50. The molecule has 0 aliphatic carbocycles. The maximum atomic E-state index is 12.8. The molecular weight excluding hydrogens is 302 g/mol. The van der Waals surface area contributed by atoms with Crippen LogP contribution in [-0.2, 0) is 4.79 Å². The van der Waals surface area contributed by atoms with E-state index in [9.17, 15) is 9.59 Å². The average Bonchev–Trinajstić information content (AvgIpc) is 2.61. The van der Waals surface area contributed by atoms with Crippen molar-refractivity contribution in [2.45, 2.75) is 0 Å². The highest BCUT2D eigenvalue weighted by molar-refractivity contribution is 6.00. The summed E-state index contributed by atoms with van der Waals surface area (Å²) < 4.78 is 1.16. The number of benzene rings is 2. The Kier molecular flexibility index (Phi) is 4.24. The molecule has 2 aromatic carbocycles. The number of rotatable bonds is 4. The van der Waals surface area contributed by atoms with Gasteiger partial charge < -0.3 is 4.90 Å². The molecule has 0 fully saturated rings. The zero-order valence-corrected chi connectivity index (χ0v) is 13.5. The van der Waals surface area contributed by atoms with Crippen LogP contribution in [0.2, 0.25) is 0 Å². The highest BCUT2D eigenvalue weighted by atomic mass is 16.1. The maximum Gasteiger partial charge on any atom is 0.279 e. The van der Waals surface area contributed by atoms with Gasteiger partial charge in [-0.2, -0.15) is 9.78 Å². The molecule has 5 nitrogen and oxygen atoms in total. The molecular formula is C19H17N3O2. The summed E-state index contributed by atoms with van der Waals surface area (Å²) in [6, 6.07) is 16.9. The Bertz CT molecular complexity index is 973. The van der Waals surface area contributed by atoms with Crippen LogP contribution in [0, 0.1) is 0 Å². The summed E-state index contributed by atoms with van der Waals surface area (Å²) in [7, 11) is 3.57. The first-order chi connectivity index (χ1) is 11.6. The number of carbonyl (C=O) groups is 1. The summed E-state index contributed by atoms with van der Waals surface area (Å²) >= 11 is 0. The first-order valence-corrected chi connectivity index (χ1v) is 7.53. The third kappa shape index (κ3) is 2.84. The lowest BCUT2D eigenvalue weighted by molar-refractivity contribution is -0.103. The Morgan fingerprint density at radius 2 is 1.62 bits per heavy atom. The van der Waals surface area contributed by atoms with Gasteiger partial charge in [-0.15, -0.1) is 0 Å². The average molecular weight is 319 g/mol. The highest BCUT2D eigenvalue weighted by Gasteiger charge is 2.14. The van der Waals surface area contributed by atoms with Crippen LogP contribution in [0.4, 0.5) is 0 Å². The van der Waals surface area contributed by atoms with Crippen molar-refractivity contribution in [1.29, 1.82) is 0 Å². The Hall–Kier alpha value is -3.21. The molecule has 0 bridgehead atoms. The van der Waals surface area contributed by atoms with Crippen molar-refractivity contribution >= 4 is 22.8 Å². The lowest BCUT2D eigenvalue weighted by Crippen LogP contribution is -2.25. The van der Waals surface area contributed by atoms with Crippen molar-refractivity contribution < 1.29 is 4.79 Å². The molecule has 0 spiro atoms. The quantitative estimate of drug-likeness (QED) is 0.548. The van der Waals surface area contributed by atoms with E-state index in [2.05, 4.69) is 5.10 Å². The smallest absolute Gasteiger partial charge is 0.279 e. The van der Waals surface area contributed by atoms with Gasteiger partial charge in [0.2, 0.25) is 0 Å². The zero-order valence-electron chi connectivity index (χ0n) is 13.5. The maximum absolute atomic E-state index is 12.8. The molecule has 0 atom stereocenters. The second-order valence-corrected chi connectivity index (χ2v) is 5.61. The summed E-state index contributed by atoms with van der Waals surface area (Å²) in [4.78, 5) is 26.0. The number of allylic oxidation sites excluding steroid dienone is 1. The number of nitrogens with zero attached hydrogens (tertiary/aromatic N) is 3. The lowest BCUT2D eigenvalue weighted by atomic mass is 10.1. The van der Waals surface area contributed by atoms with E-state index in [1.54, 1.807) is 37.3 Å². The van der Waals surface area contributed by atoms with E-state index in [1.807, 2.05) is 42.5 Å². The fourth-order valence-corrected chi connectivity index (χ4v) is 2.57. The minimum atomic E-state index is -0.314. The van der Waals surface area contributed by atoms with Crippen molar-refractivity contribution in [2.24, 2.45) is 0 Å². The van der Waals surface area contributed by atoms with E-state index in [0.29, 0.717) is 17.4 Å². The molecule has 0 saturated carbocycles. The van der Waals surface area contributed by atoms with Crippen molar-refractivity contribution in [1.82, 2.24) is 14.7 Å². The van der Waals surface area contributed by atoms with Gasteiger partial charge in [0, 0.05) is 31.2 Å². The zero-order chi connectivity index (χ0) is 17.1. The Balaban J connectivity index is 2.39. The molecule has 3 aromatic rings. The molecule has 0 aliphatic heterocycles. The molecule has 0 N–H and O–H groups in total. The molecule has 1 heterocycles. The predicted octanol–water partition coefficient (Wildman–Crippen LogP) is 2.62. The number of carbonyl (C=O) groups excluding carboxylic acids is 1. The van der Waals surface area contributed by atoms with Gasteiger partial charge in [0.1, 0.15) is 5.70 Å². The first kappa shape index (κ1) is 15.7. The topological polar surface area (TPSA) is 55.2 Å². The third-order valence-corrected chi connectivity index (χ3v) is 3.61. The minimum Gasteiger partial charge on any atom is -0.382 e. The molecule has 24 heavy (non-hydrogen) atoms. The monoisotopic (exact) mass is 319 g/mol. The second-order valence-electron chi connectivity index (χ2n) is 5.61. The van der Waals surface area contributed by atoms with Crippen LogP contribution in [0.25, 0.3) is 27.7 Å². The van der Waals surface area contributed by atoms with Crippen LogP contribution in [-0.4, -0.2) is 35.1 Å². The number of hydrogen-bond acceptors (Lipinski definition) is 4. The normalized spacial score (nSPS) is 11.5. The summed E-state index contributed by atoms with van der Waals surface area (Å²) in [6.07, 6.45) is 2.21.